The summed E-state index contributed by atoms with van der Waals surface area (Å²) >= 11 is 0. The minimum atomic E-state index is -2.40. The number of ether oxygens (including phenoxy) is 3. The molecule has 0 aromatic carbocycles. The summed E-state index contributed by atoms with van der Waals surface area (Å²) in [6.07, 6.45) is 0.0269. The van der Waals surface area contributed by atoms with E-state index < -0.39 is 30.7 Å². The number of hydrogen-bond donors (Lipinski definition) is 1. The second-order valence-electron chi connectivity index (χ2n) is 7.33. The van der Waals surface area contributed by atoms with Crippen LogP contribution in [0.25, 0.3) is 0 Å². The van der Waals surface area contributed by atoms with Gasteiger partial charge in [-0.15, -0.1) is 0 Å². The highest BCUT2D eigenvalue weighted by atomic mass is 31.2. The molecule has 0 saturated carbocycles. The van der Waals surface area contributed by atoms with Crippen molar-refractivity contribution in [1.29, 1.82) is 0 Å². The molecule has 148 valence electrons. The van der Waals surface area contributed by atoms with Crippen LogP contribution in [0, 0.1) is 12.8 Å². The zero-order valence-corrected chi connectivity index (χ0v) is 17.1. The molecular weight excluding hydrogens is 359 g/mol. The molecule has 1 aromatic heterocycles. The first-order chi connectivity index (χ1) is 12.1. The Morgan fingerprint density at radius 1 is 1.35 bits per heavy atom. The van der Waals surface area contributed by atoms with E-state index in [1.807, 2.05) is 13.8 Å². The maximum atomic E-state index is 12.6. The van der Waals surface area contributed by atoms with Gasteiger partial charge in [0.1, 0.15) is 6.10 Å². The van der Waals surface area contributed by atoms with Crippen LogP contribution in [0.5, 0.6) is 0 Å². The van der Waals surface area contributed by atoms with Crippen molar-refractivity contribution < 1.29 is 18.8 Å². The molecular formula is C17H29N2O6P. The summed E-state index contributed by atoms with van der Waals surface area (Å²) < 4.78 is 31.1. The van der Waals surface area contributed by atoms with Crippen molar-refractivity contribution in [2.24, 2.45) is 5.92 Å². The minimum absolute atomic E-state index is 0.0841. The molecule has 0 spiro atoms. The van der Waals surface area contributed by atoms with Crippen LogP contribution in [-0.4, -0.2) is 61.1 Å². The summed E-state index contributed by atoms with van der Waals surface area (Å²) in [5.74, 6) is -0.0841. The van der Waals surface area contributed by atoms with Gasteiger partial charge in [0.25, 0.3) is 5.56 Å². The van der Waals surface area contributed by atoms with Crippen molar-refractivity contribution in [3.63, 3.8) is 0 Å². The molecule has 0 amide bonds. The second kappa shape index (κ2) is 8.21. The number of methoxy groups -OCH3 is 1. The van der Waals surface area contributed by atoms with Gasteiger partial charge in [0.05, 0.1) is 26.5 Å². The van der Waals surface area contributed by atoms with Gasteiger partial charge in [-0.05, 0) is 20.3 Å². The molecule has 0 radical (unpaired) electrons. The monoisotopic (exact) mass is 388 g/mol. The summed E-state index contributed by atoms with van der Waals surface area (Å²) in [5, 5.41) is 0. The van der Waals surface area contributed by atoms with Crippen molar-refractivity contribution in [3.8, 4) is 0 Å². The summed E-state index contributed by atoms with van der Waals surface area (Å²) in [5.41, 5.74) is -0.756. The zero-order valence-electron chi connectivity index (χ0n) is 16.2. The third-order valence-electron chi connectivity index (χ3n) is 5.09. The second-order valence-corrected chi connectivity index (χ2v) is 11.0. The third kappa shape index (κ3) is 4.36. The van der Waals surface area contributed by atoms with E-state index in [-0.39, 0.29) is 17.7 Å². The smallest absolute Gasteiger partial charge is 0.330 e. The molecule has 0 unspecified atom stereocenters. The van der Waals surface area contributed by atoms with E-state index in [1.165, 1.54) is 10.8 Å². The highest BCUT2D eigenvalue weighted by Crippen LogP contribution is 2.50. The number of rotatable bonds is 7. The van der Waals surface area contributed by atoms with Gasteiger partial charge < -0.3 is 18.8 Å². The van der Waals surface area contributed by atoms with Gasteiger partial charge in [-0.1, -0.05) is 13.8 Å². The molecule has 1 aromatic rings. The molecule has 2 heterocycles. The average molecular weight is 388 g/mol. The Hall–Kier alpha value is -1.21. The van der Waals surface area contributed by atoms with E-state index in [9.17, 15) is 14.2 Å². The predicted molar refractivity (Wildman–Crippen MR) is 99.7 cm³/mol. The van der Waals surface area contributed by atoms with Gasteiger partial charge in [-0.2, -0.15) is 0 Å². The highest BCUT2D eigenvalue weighted by Gasteiger charge is 2.48. The number of H-pyrrole nitrogens is 1. The van der Waals surface area contributed by atoms with E-state index in [4.69, 9.17) is 14.2 Å². The summed E-state index contributed by atoms with van der Waals surface area (Å²) in [4.78, 5) is 26.3. The van der Waals surface area contributed by atoms with Crippen LogP contribution in [0.2, 0.25) is 0 Å². The highest BCUT2D eigenvalue weighted by molar-refractivity contribution is 7.63. The van der Waals surface area contributed by atoms with Crippen LogP contribution < -0.4 is 11.2 Å². The molecule has 1 aliphatic heterocycles. The Bertz CT molecular complexity index is 782. The Kier molecular flexibility index (Phi) is 6.66. The van der Waals surface area contributed by atoms with E-state index in [0.717, 1.165) is 0 Å². The molecule has 1 aliphatic rings. The lowest BCUT2D eigenvalue weighted by atomic mass is 9.98. The molecule has 1 fully saturated rings. The fourth-order valence-electron chi connectivity index (χ4n) is 3.22. The molecule has 1 saturated heterocycles. The fraction of sp³-hybridized carbons (Fsp3) is 0.765. The average Bonchev–Trinajstić information content (AvgIpc) is 2.86. The molecule has 5 atom stereocenters. The number of nitrogens with zero attached hydrogens (tertiary/aromatic N) is 1. The van der Waals surface area contributed by atoms with Crippen LogP contribution in [0.4, 0.5) is 0 Å². The number of aromatic nitrogens is 2. The predicted octanol–water partition coefficient (Wildman–Crippen LogP) is 1.42. The number of hydrogen-bond acceptors (Lipinski definition) is 6. The van der Waals surface area contributed by atoms with Gasteiger partial charge in [0.2, 0.25) is 0 Å². The standard InChI is InChI=1S/C17H29N2O6P/c1-10-9-19(17(21)18-15(10)20)16-14(24-8-7-23-4)11(2)13(25-16)12(3)26(5,6)22/h9,11-14,16H,7-8H2,1-6H3,(H,18,20,21)/t11-,12-,13+,14-,16-/m1/s1. The van der Waals surface area contributed by atoms with Gasteiger partial charge in [-0.3, -0.25) is 14.3 Å². The van der Waals surface area contributed by atoms with Crippen LogP contribution in [0.3, 0.4) is 0 Å². The number of aryl methyl sites for hydroxylation is 1. The maximum absolute atomic E-state index is 12.6. The lowest BCUT2D eigenvalue weighted by Crippen LogP contribution is -2.38. The van der Waals surface area contributed by atoms with Gasteiger partial charge in [0, 0.05) is 30.4 Å². The lowest BCUT2D eigenvalue weighted by Gasteiger charge is -2.26. The maximum Gasteiger partial charge on any atom is 0.330 e. The lowest BCUT2D eigenvalue weighted by molar-refractivity contribution is -0.0741. The van der Waals surface area contributed by atoms with E-state index in [1.54, 1.807) is 27.4 Å². The first-order valence-corrected chi connectivity index (χ1v) is 11.4. The molecule has 9 heteroatoms. The van der Waals surface area contributed by atoms with E-state index in [2.05, 4.69) is 4.98 Å². The van der Waals surface area contributed by atoms with Crippen LogP contribution in [-0.2, 0) is 18.8 Å². The summed E-state index contributed by atoms with van der Waals surface area (Å²) in [7, 11) is -0.815. The van der Waals surface area contributed by atoms with Gasteiger partial charge in [-0.25, -0.2) is 4.79 Å². The molecule has 8 nitrogen and oxygen atoms in total. The van der Waals surface area contributed by atoms with Crippen molar-refractivity contribution in [3.05, 3.63) is 32.6 Å². The Morgan fingerprint density at radius 3 is 2.58 bits per heavy atom. The first-order valence-electron chi connectivity index (χ1n) is 8.70. The quantitative estimate of drug-likeness (QED) is 0.560. The summed E-state index contributed by atoms with van der Waals surface area (Å²) in [6, 6.07) is 0. The van der Waals surface area contributed by atoms with Crippen LogP contribution in [0.1, 0.15) is 25.6 Å². The summed E-state index contributed by atoms with van der Waals surface area (Å²) in [6.45, 7) is 9.72. The minimum Gasteiger partial charge on any atom is -0.382 e. The number of nitrogens with one attached hydrogen (secondary N) is 1. The van der Waals surface area contributed by atoms with Crippen LogP contribution >= 0.6 is 7.14 Å². The number of aromatic amines is 1. The Morgan fingerprint density at radius 2 is 2.00 bits per heavy atom. The molecule has 0 aliphatic carbocycles. The first kappa shape index (κ1) is 21.1. The Labute approximate surface area is 153 Å². The van der Waals surface area contributed by atoms with Crippen molar-refractivity contribution in [2.45, 2.75) is 44.9 Å². The van der Waals surface area contributed by atoms with Gasteiger partial charge in [0.15, 0.2) is 6.23 Å². The normalized spacial score (nSPS) is 27.6. The molecule has 0 bridgehead atoms. The van der Waals surface area contributed by atoms with E-state index >= 15 is 0 Å². The van der Waals surface area contributed by atoms with Crippen molar-refractivity contribution in [2.75, 3.05) is 33.7 Å². The SMILES string of the molecule is COCCO[C@@H]1[C@H](C)[C@@H]([C@@H](C)P(C)(C)=O)O[C@H]1n1cc(C)c(=O)[nH]c1=O. The molecule has 1 N–H and O–H groups in total. The third-order valence-corrected chi connectivity index (χ3v) is 7.34. The fourth-order valence-corrected chi connectivity index (χ4v) is 4.27. The van der Waals surface area contributed by atoms with Gasteiger partial charge >= 0.3 is 5.69 Å². The molecule has 26 heavy (non-hydrogen) atoms. The topological polar surface area (TPSA) is 99.6 Å². The largest absolute Gasteiger partial charge is 0.382 e. The van der Waals surface area contributed by atoms with Crippen molar-refractivity contribution >= 4 is 7.14 Å². The zero-order chi connectivity index (χ0) is 19.6. The van der Waals surface area contributed by atoms with Crippen LogP contribution in [0.15, 0.2) is 15.8 Å². The van der Waals surface area contributed by atoms with E-state index in [0.29, 0.717) is 18.8 Å². The Balaban J connectivity index is 2.40. The molecule has 2 rings (SSSR count). The van der Waals surface area contributed by atoms with Crippen molar-refractivity contribution in [1.82, 2.24) is 9.55 Å².